The highest BCUT2D eigenvalue weighted by molar-refractivity contribution is 7.09. The fourth-order valence-electron chi connectivity index (χ4n) is 2.46. The molecule has 0 unspecified atom stereocenters. The fraction of sp³-hybridized carbons (Fsp3) is 0.211. The van der Waals surface area contributed by atoms with E-state index in [4.69, 9.17) is 0 Å². The summed E-state index contributed by atoms with van der Waals surface area (Å²) in [7, 11) is 1.79. The molecule has 0 saturated heterocycles. The van der Waals surface area contributed by atoms with E-state index in [1.165, 1.54) is 0 Å². The average molecular weight is 337 g/mol. The molecule has 4 nitrogen and oxygen atoms in total. The third-order valence-electron chi connectivity index (χ3n) is 3.77. The summed E-state index contributed by atoms with van der Waals surface area (Å²) >= 11 is 1.64. The van der Waals surface area contributed by atoms with Gasteiger partial charge in [0.25, 0.3) is 0 Å². The van der Waals surface area contributed by atoms with Crippen molar-refractivity contribution in [3.63, 3.8) is 0 Å². The molecule has 0 spiro atoms. The third kappa shape index (κ3) is 3.68. The highest BCUT2D eigenvalue weighted by Gasteiger charge is 2.09. The summed E-state index contributed by atoms with van der Waals surface area (Å²) in [6.07, 6.45) is 6.14. The molecule has 0 atom stereocenters. The quantitative estimate of drug-likeness (QED) is 0.663. The molecule has 2 heterocycles. The summed E-state index contributed by atoms with van der Waals surface area (Å²) in [5.41, 5.74) is 2.86. The second-order valence-corrected chi connectivity index (χ2v) is 6.47. The Morgan fingerprint density at radius 1 is 1.29 bits per heavy atom. The van der Waals surface area contributed by atoms with Gasteiger partial charge in [0.1, 0.15) is 0 Å². The highest BCUT2D eigenvalue weighted by atomic mass is 32.1. The number of carbonyl (C=O) groups is 1. The standard InChI is InChI=1S/C19H19N3OS/c1-3-18-21-15(13-24-18)12-22(2)19(23)9-8-14-10-11-20-17-7-5-4-6-16(14)17/h4-11,13H,3,12H2,1-2H3/b9-8+. The maximum atomic E-state index is 12.3. The molecule has 0 bridgehead atoms. The second kappa shape index (κ2) is 7.36. The van der Waals surface area contributed by atoms with E-state index in [2.05, 4.69) is 16.9 Å². The number of aromatic nitrogens is 2. The molecule has 3 rings (SSSR count). The van der Waals surface area contributed by atoms with Gasteiger partial charge in [0.15, 0.2) is 0 Å². The average Bonchev–Trinajstić information content (AvgIpc) is 3.07. The van der Waals surface area contributed by atoms with Crippen molar-refractivity contribution in [1.82, 2.24) is 14.9 Å². The summed E-state index contributed by atoms with van der Waals surface area (Å²) in [4.78, 5) is 22.8. The van der Waals surface area contributed by atoms with E-state index in [9.17, 15) is 4.79 Å². The number of para-hydroxylation sites is 1. The van der Waals surface area contributed by atoms with Crippen molar-refractivity contribution in [1.29, 1.82) is 0 Å². The van der Waals surface area contributed by atoms with Gasteiger partial charge in [-0.25, -0.2) is 4.98 Å². The minimum absolute atomic E-state index is 0.0399. The second-order valence-electron chi connectivity index (χ2n) is 5.53. The molecule has 0 aliphatic heterocycles. The summed E-state index contributed by atoms with van der Waals surface area (Å²) in [5.74, 6) is -0.0399. The molecule has 1 amide bonds. The van der Waals surface area contributed by atoms with Gasteiger partial charge in [-0.3, -0.25) is 9.78 Å². The molecular formula is C19H19N3OS. The van der Waals surface area contributed by atoms with Crippen LogP contribution in [0.1, 0.15) is 23.2 Å². The number of nitrogens with zero attached hydrogens (tertiary/aromatic N) is 3. The number of carbonyl (C=O) groups excluding carboxylic acids is 1. The maximum Gasteiger partial charge on any atom is 0.246 e. The lowest BCUT2D eigenvalue weighted by atomic mass is 10.1. The van der Waals surface area contributed by atoms with Crippen LogP contribution in [0.25, 0.3) is 17.0 Å². The number of pyridine rings is 1. The van der Waals surface area contributed by atoms with Gasteiger partial charge < -0.3 is 4.90 Å². The molecule has 1 aromatic carbocycles. The fourth-order valence-corrected chi connectivity index (χ4v) is 3.19. The van der Waals surface area contributed by atoms with Crippen LogP contribution in [0.4, 0.5) is 0 Å². The van der Waals surface area contributed by atoms with Crippen molar-refractivity contribution in [2.24, 2.45) is 0 Å². The van der Waals surface area contributed by atoms with Crippen molar-refractivity contribution in [2.45, 2.75) is 19.9 Å². The summed E-state index contributed by atoms with van der Waals surface area (Å²) in [6.45, 7) is 2.61. The number of thiazole rings is 1. The lowest BCUT2D eigenvalue weighted by molar-refractivity contribution is -0.125. The molecule has 2 aromatic heterocycles. The molecule has 0 aliphatic carbocycles. The first kappa shape index (κ1) is 16.3. The van der Waals surface area contributed by atoms with Gasteiger partial charge in [-0.2, -0.15) is 0 Å². The Balaban J connectivity index is 1.72. The summed E-state index contributed by atoms with van der Waals surface area (Å²) in [6, 6.07) is 9.83. The van der Waals surface area contributed by atoms with Gasteiger partial charge in [0, 0.05) is 30.1 Å². The molecule has 122 valence electrons. The molecule has 3 aromatic rings. The lowest BCUT2D eigenvalue weighted by Crippen LogP contribution is -2.24. The maximum absolute atomic E-state index is 12.3. The molecule has 0 N–H and O–H groups in total. The monoisotopic (exact) mass is 337 g/mol. The van der Waals surface area contributed by atoms with Gasteiger partial charge in [-0.1, -0.05) is 25.1 Å². The summed E-state index contributed by atoms with van der Waals surface area (Å²) < 4.78 is 0. The van der Waals surface area contributed by atoms with Crippen molar-refractivity contribution >= 4 is 34.2 Å². The van der Waals surface area contributed by atoms with Crippen LogP contribution < -0.4 is 0 Å². The van der Waals surface area contributed by atoms with E-state index >= 15 is 0 Å². The zero-order chi connectivity index (χ0) is 16.9. The molecule has 0 radical (unpaired) electrons. The molecule has 0 aliphatic rings. The van der Waals surface area contributed by atoms with Crippen LogP contribution in [-0.4, -0.2) is 27.8 Å². The first-order chi connectivity index (χ1) is 11.7. The SMILES string of the molecule is CCc1nc(CN(C)C(=O)/C=C/c2ccnc3ccccc23)cs1. The number of hydrogen-bond acceptors (Lipinski definition) is 4. The Kier molecular flexibility index (Phi) is 5.01. The number of benzene rings is 1. The van der Waals surface area contributed by atoms with E-state index in [-0.39, 0.29) is 5.91 Å². The number of rotatable bonds is 5. The normalized spacial score (nSPS) is 11.2. The van der Waals surface area contributed by atoms with Crippen molar-refractivity contribution < 1.29 is 4.79 Å². The number of aryl methyl sites for hydroxylation is 1. The zero-order valence-electron chi connectivity index (χ0n) is 13.8. The highest BCUT2D eigenvalue weighted by Crippen LogP contribution is 2.17. The minimum atomic E-state index is -0.0399. The number of hydrogen-bond donors (Lipinski definition) is 0. The molecule has 0 fully saturated rings. The number of fused-ring (bicyclic) bond motifs is 1. The Bertz CT molecular complexity index is 880. The van der Waals surface area contributed by atoms with E-state index in [0.29, 0.717) is 6.54 Å². The van der Waals surface area contributed by atoms with E-state index < -0.39 is 0 Å². The van der Waals surface area contributed by atoms with Crippen LogP contribution in [0.5, 0.6) is 0 Å². The van der Waals surface area contributed by atoms with Crippen molar-refractivity contribution in [3.8, 4) is 0 Å². The molecule has 24 heavy (non-hydrogen) atoms. The predicted molar refractivity (Wildman–Crippen MR) is 98.7 cm³/mol. The number of likely N-dealkylation sites (N-methyl/N-ethyl adjacent to an activating group) is 1. The smallest absolute Gasteiger partial charge is 0.246 e. The van der Waals surface area contributed by atoms with Crippen LogP contribution in [0, 0.1) is 0 Å². The largest absolute Gasteiger partial charge is 0.336 e. The topological polar surface area (TPSA) is 46.1 Å². The zero-order valence-corrected chi connectivity index (χ0v) is 14.6. The molecule has 5 heteroatoms. The predicted octanol–water partition coefficient (Wildman–Crippen LogP) is 3.93. The Labute approximate surface area is 145 Å². The van der Waals surface area contributed by atoms with Crippen LogP contribution in [0.2, 0.25) is 0 Å². The molecule has 0 saturated carbocycles. The molecular weight excluding hydrogens is 318 g/mol. The van der Waals surface area contributed by atoms with Gasteiger partial charge in [0.05, 0.1) is 22.8 Å². The van der Waals surface area contributed by atoms with Crippen LogP contribution in [0.3, 0.4) is 0 Å². The van der Waals surface area contributed by atoms with E-state index in [0.717, 1.165) is 33.6 Å². The van der Waals surface area contributed by atoms with Gasteiger partial charge in [-0.15, -0.1) is 11.3 Å². The Morgan fingerprint density at radius 3 is 2.92 bits per heavy atom. The first-order valence-corrected chi connectivity index (χ1v) is 8.75. The minimum Gasteiger partial charge on any atom is -0.336 e. The number of amides is 1. The van der Waals surface area contributed by atoms with Crippen LogP contribution in [-0.2, 0) is 17.8 Å². The van der Waals surface area contributed by atoms with E-state index in [1.807, 2.05) is 41.8 Å². The van der Waals surface area contributed by atoms with Gasteiger partial charge in [0.2, 0.25) is 5.91 Å². The van der Waals surface area contributed by atoms with E-state index in [1.54, 1.807) is 35.6 Å². The first-order valence-electron chi connectivity index (χ1n) is 7.87. The van der Waals surface area contributed by atoms with Crippen LogP contribution in [0.15, 0.2) is 48.0 Å². The lowest BCUT2D eigenvalue weighted by Gasteiger charge is -2.13. The Hall–Kier alpha value is -2.53. The van der Waals surface area contributed by atoms with Crippen molar-refractivity contribution in [3.05, 3.63) is 64.2 Å². The van der Waals surface area contributed by atoms with Crippen LogP contribution >= 0.6 is 11.3 Å². The van der Waals surface area contributed by atoms with Gasteiger partial charge in [-0.05, 0) is 30.2 Å². The Morgan fingerprint density at radius 2 is 2.12 bits per heavy atom. The summed E-state index contributed by atoms with van der Waals surface area (Å²) in [5, 5.41) is 4.16. The van der Waals surface area contributed by atoms with Crippen molar-refractivity contribution in [2.75, 3.05) is 7.05 Å². The third-order valence-corrected chi connectivity index (χ3v) is 4.81. The van der Waals surface area contributed by atoms with Gasteiger partial charge >= 0.3 is 0 Å².